The highest BCUT2D eigenvalue weighted by Gasteiger charge is 2.25. The van der Waals surface area contributed by atoms with Crippen molar-refractivity contribution in [2.75, 3.05) is 6.61 Å². The van der Waals surface area contributed by atoms with Crippen LogP contribution in [0.25, 0.3) is 0 Å². The fraction of sp³-hybridized carbons (Fsp3) is 0.278. The summed E-state index contributed by atoms with van der Waals surface area (Å²) < 4.78 is 5.58. The molecule has 4 nitrogen and oxygen atoms in total. The Hall–Kier alpha value is -2.04. The topological polar surface area (TPSA) is 58.6 Å². The summed E-state index contributed by atoms with van der Waals surface area (Å²) in [6.07, 6.45) is -0.104. The third kappa shape index (κ3) is 3.66. The Morgan fingerprint density at radius 2 is 2.04 bits per heavy atom. The van der Waals surface area contributed by atoms with E-state index in [9.17, 15) is 9.90 Å². The number of carbonyl (C=O) groups is 1. The zero-order valence-corrected chi connectivity index (χ0v) is 13.3. The summed E-state index contributed by atoms with van der Waals surface area (Å²) in [4.78, 5) is 12.2. The molecule has 0 saturated carbocycles. The van der Waals surface area contributed by atoms with E-state index in [1.807, 2.05) is 42.5 Å². The van der Waals surface area contributed by atoms with Gasteiger partial charge in [-0.1, -0.05) is 54.1 Å². The molecule has 0 bridgehead atoms. The van der Waals surface area contributed by atoms with Crippen molar-refractivity contribution in [2.45, 2.75) is 25.0 Å². The Bertz CT molecular complexity index is 690. The molecule has 2 unspecified atom stereocenters. The Morgan fingerprint density at radius 1 is 1.26 bits per heavy atom. The predicted octanol–water partition coefficient (Wildman–Crippen LogP) is 3.40. The number of fused-ring (bicyclic) bond motifs is 1. The molecule has 0 fully saturated rings. The first-order valence-corrected chi connectivity index (χ1v) is 7.96. The smallest absolute Gasteiger partial charge is 0.223 e. The Balaban J connectivity index is 1.67. The second kappa shape index (κ2) is 7.02. The molecule has 0 radical (unpaired) electrons. The van der Waals surface area contributed by atoms with Crippen LogP contribution in [0, 0.1) is 0 Å². The lowest BCUT2D eigenvalue weighted by Gasteiger charge is -2.27. The van der Waals surface area contributed by atoms with Crippen molar-refractivity contribution in [3.63, 3.8) is 0 Å². The number of carbonyl (C=O) groups excluding carboxylic acids is 1. The number of benzene rings is 2. The van der Waals surface area contributed by atoms with Crippen molar-refractivity contribution in [2.24, 2.45) is 0 Å². The van der Waals surface area contributed by atoms with E-state index in [4.69, 9.17) is 16.3 Å². The van der Waals surface area contributed by atoms with Crippen molar-refractivity contribution in [3.05, 3.63) is 64.7 Å². The van der Waals surface area contributed by atoms with E-state index in [1.165, 1.54) is 0 Å². The molecule has 1 aliphatic rings. The molecule has 1 aliphatic heterocycles. The number of rotatable bonds is 4. The number of hydrogen-bond donors (Lipinski definition) is 2. The highest BCUT2D eigenvalue weighted by molar-refractivity contribution is 6.32. The minimum atomic E-state index is -0.810. The van der Waals surface area contributed by atoms with Crippen LogP contribution in [0.3, 0.4) is 0 Å². The maximum Gasteiger partial charge on any atom is 0.223 e. The molecule has 1 heterocycles. The second-order valence-corrected chi connectivity index (χ2v) is 5.95. The minimum Gasteiger partial charge on any atom is -0.492 e. The third-order valence-electron chi connectivity index (χ3n) is 3.92. The summed E-state index contributed by atoms with van der Waals surface area (Å²) >= 11 is 6.13. The van der Waals surface area contributed by atoms with Gasteiger partial charge in [0.2, 0.25) is 5.91 Å². The standard InChI is InChI=1S/C18H18ClNO3/c19-14-8-4-7-13-15(9-10-23-18(13)14)20-17(22)11-16(21)12-5-2-1-3-6-12/h1-8,15-16,21H,9-11H2,(H,20,22). The molecule has 120 valence electrons. The summed E-state index contributed by atoms with van der Waals surface area (Å²) in [5.74, 6) is 0.438. The van der Waals surface area contributed by atoms with Crippen LogP contribution in [0.4, 0.5) is 0 Å². The SMILES string of the molecule is O=C(CC(O)c1ccccc1)NC1CCOc2c(Cl)cccc21. The van der Waals surface area contributed by atoms with Crippen molar-refractivity contribution in [3.8, 4) is 5.75 Å². The lowest BCUT2D eigenvalue weighted by atomic mass is 9.99. The van der Waals surface area contributed by atoms with Crippen LogP contribution in [-0.2, 0) is 4.79 Å². The number of hydrogen-bond acceptors (Lipinski definition) is 3. The summed E-state index contributed by atoms with van der Waals surface area (Å²) in [6, 6.07) is 14.5. The van der Waals surface area contributed by atoms with Crippen molar-refractivity contribution >= 4 is 17.5 Å². The molecule has 23 heavy (non-hydrogen) atoms. The molecule has 3 rings (SSSR count). The van der Waals surface area contributed by atoms with Crippen LogP contribution in [0.15, 0.2) is 48.5 Å². The van der Waals surface area contributed by atoms with Gasteiger partial charge in [0, 0.05) is 12.0 Å². The second-order valence-electron chi connectivity index (χ2n) is 5.55. The van der Waals surface area contributed by atoms with E-state index in [0.29, 0.717) is 23.8 Å². The maximum atomic E-state index is 12.2. The van der Waals surface area contributed by atoms with Gasteiger partial charge in [-0.15, -0.1) is 0 Å². The molecule has 0 aliphatic carbocycles. The van der Waals surface area contributed by atoms with Crippen LogP contribution in [0.1, 0.15) is 36.1 Å². The maximum absolute atomic E-state index is 12.2. The molecular formula is C18H18ClNO3. The Morgan fingerprint density at radius 3 is 2.83 bits per heavy atom. The number of halogens is 1. The third-order valence-corrected chi connectivity index (χ3v) is 4.22. The molecule has 2 aromatic rings. The molecule has 0 aromatic heterocycles. The number of aliphatic hydroxyl groups excluding tert-OH is 1. The number of ether oxygens (including phenoxy) is 1. The van der Waals surface area contributed by atoms with Gasteiger partial charge in [-0.05, 0) is 11.6 Å². The minimum absolute atomic E-state index is 0.0251. The van der Waals surface area contributed by atoms with Gasteiger partial charge in [-0.2, -0.15) is 0 Å². The van der Waals surface area contributed by atoms with Gasteiger partial charge in [0.1, 0.15) is 5.75 Å². The van der Waals surface area contributed by atoms with Gasteiger partial charge < -0.3 is 15.2 Å². The average molecular weight is 332 g/mol. The fourth-order valence-electron chi connectivity index (χ4n) is 2.76. The van der Waals surface area contributed by atoms with Crippen molar-refractivity contribution in [1.29, 1.82) is 0 Å². The zero-order valence-electron chi connectivity index (χ0n) is 12.5. The fourth-order valence-corrected chi connectivity index (χ4v) is 2.99. The monoisotopic (exact) mass is 331 g/mol. The summed E-state index contributed by atoms with van der Waals surface area (Å²) in [7, 11) is 0. The first-order valence-electron chi connectivity index (χ1n) is 7.58. The number of nitrogens with one attached hydrogen (secondary N) is 1. The average Bonchev–Trinajstić information content (AvgIpc) is 2.56. The summed E-state index contributed by atoms with van der Waals surface area (Å²) in [5.41, 5.74) is 1.62. The molecule has 2 aromatic carbocycles. The molecule has 0 spiro atoms. The van der Waals surface area contributed by atoms with Crippen LogP contribution in [0.5, 0.6) is 5.75 Å². The molecule has 2 atom stereocenters. The molecular weight excluding hydrogens is 314 g/mol. The van der Waals surface area contributed by atoms with Crippen LogP contribution >= 0.6 is 11.6 Å². The molecule has 5 heteroatoms. The van der Waals surface area contributed by atoms with E-state index >= 15 is 0 Å². The van der Waals surface area contributed by atoms with Crippen LogP contribution in [0.2, 0.25) is 5.02 Å². The van der Waals surface area contributed by atoms with E-state index in [2.05, 4.69) is 5.32 Å². The van der Waals surface area contributed by atoms with E-state index < -0.39 is 6.10 Å². The number of para-hydroxylation sites is 1. The predicted molar refractivity (Wildman–Crippen MR) is 88.5 cm³/mol. The first-order chi connectivity index (χ1) is 11.1. The largest absolute Gasteiger partial charge is 0.492 e. The quantitative estimate of drug-likeness (QED) is 0.902. The highest BCUT2D eigenvalue weighted by atomic mass is 35.5. The lowest BCUT2D eigenvalue weighted by molar-refractivity contribution is -0.124. The van der Waals surface area contributed by atoms with Gasteiger partial charge >= 0.3 is 0 Å². The highest BCUT2D eigenvalue weighted by Crippen LogP contribution is 2.37. The lowest BCUT2D eigenvalue weighted by Crippen LogP contribution is -2.33. The van der Waals surface area contributed by atoms with Gasteiger partial charge in [0.15, 0.2) is 0 Å². The van der Waals surface area contributed by atoms with Crippen molar-refractivity contribution < 1.29 is 14.6 Å². The molecule has 2 N–H and O–H groups in total. The van der Waals surface area contributed by atoms with Gasteiger partial charge in [-0.25, -0.2) is 0 Å². The summed E-state index contributed by atoms with van der Waals surface area (Å²) in [6.45, 7) is 0.503. The summed E-state index contributed by atoms with van der Waals surface area (Å²) in [5, 5.41) is 13.7. The molecule has 1 amide bonds. The Kier molecular flexibility index (Phi) is 4.84. The van der Waals surface area contributed by atoms with Crippen LogP contribution in [-0.4, -0.2) is 17.6 Å². The Labute approximate surface area is 140 Å². The van der Waals surface area contributed by atoms with Gasteiger partial charge in [0.25, 0.3) is 0 Å². The van der Waals surface area contributed by atoms with Crippen LogP contribution < -0.4 is 10.1 Å². The molecule has 0 saturated heterocycles. The normalized spacial score (nSPS) is 17.7. The van der Waals surface area contributed by atoms with E-state index in [1.54, 1.807) is 6.07 Å². The van der Waals surface area contributed by atoms with Gasteiger partial charge in [-0.3, -0.25) is 4.79 Å². The number of aliphatic hydroxyl groups is 1. The van der Waals surface area contributed by atoms with Crippen molar-refractivity contribution in [1.82, 2.24) is 5.32 Å². The first kappa shape index (κ1) is 15.8. The van der Waals surface area contributed by atoms with Gasteiger partial charge in [0.05, 0.1) is 30.2 Å². The van der Waals surface area contributed by atoms with E-state index in [0.717, 1.165) is 11.1 Å². The van der Waals surface area contributed by atoms with E-state index in [-0.39, 0.29) is 18.4 Å². The zero-order chi connectivity index (χ0) is 16.2. The number of amides is 1.